The number of aromatic nitrogens is 5. The van der Waals surface area contributed by atoms with Gasteiger partial charge in [0.15, 0.2) is 5.65 Å². The predicted octanol–water partition coefficient (Wildman–Crippen LogP) is 2.06. The zero-order valence-electron chi connectivity index (χ0n) is 18.3. The number of amides is 1. The zero-order valence-corrected chi connectivity index (χ0v) is 18.3. The van der Waals surface area contributed by atoms with Gasteiger partial charge in [-0.1, -0.05) is 6.92 Å². The minimum absolute atomic E-state index is 0.000572. The van der Waals surface area contributed by atoms with Crippen LogP contribution in [-0.4, -0.2) is 62.0 Å². The summed E-state index contributed by atoms with van der Waals surface area (Å²) >= 11 is 0. The van der Waals surface area contributed by atoms with Gasteiger partial charge >= 0.3 is 0 Å². The van der Waals surface area contributed by atoms with Crippen molar-refractivity contribution >= 4 is 23.3 Å². The number of piperazine rings is 1. The Morgan fingerprint density at radius 3 is 2.87 bits per heavy atom. The van der Waals surface area contributed by atoms with Gasteiger partial charge in [0.05, 0.1) is 24.7 Å². The van der Waals surface area contributed by atoms with E-state index in [9.17, 15) is 4.79 Å². The largest absolute Gasteiger partial charge is 0.477 e. The van der Waals surface area contributed by atoms with Gasteiger partial charge in [-0.3, -0.25) is 4.79 Å². The van der Waals surface area contributed by atoms with Crippen molar-refractivity contribution in [3.8, 4) is 5.88 Å². The maximum absolute atomic E-state index is 12.9. The van der Waals surface area contributed by atoms with Gasteiger partial charge in [-0.05, 0) is 27.2 Å². The van der Waals surface area contributed by atoms with E-state index < -0.39 is 0 Å². The fourth-order valence-corrected chi connectivity index (χ4v) is 3.64. The van der Waals surface area contributed by atoms with Crippen molar-refractivity contribution in [2.75, 3.05) is 36.5 Å². The third kappa shape index (κ3) is 4.43. The molecule has 1 aliphatic heterocycles. The molecular formula is C21H28N8O2. The van der Waals surface area contributed by atoms with E-state index in [4.69, 9.17) is 4.74 Å². The van der Waals surface area contributed by atoms with E-state index in [1.54, 1.807) is 12.4 Å². The summed E-state index contributed by atoms with van der Waals surface area (Å²) in [5.74, 6) is 0.857. The number of aryl methyl sites for hydroxylation is 1. The van der Waals surface area contributed by atoms with Gasteiger partial charge in [-0.2, -0.15) is 4.98 Å². The molecule has 1 fully saturated rings. The number of fused-ring (bicyclic) bond motifs is 1. The third-order valence-electron chi connectivity index (χ3n) is 5.51. The number of imidazole rings is 1. The van der Waals surface area contributed by atoms with Crippen LogP contribution in [0.5, 0.6) is 5.88 Å². The van der Waals surface area contributed by atoms with Gasteiger partial charge in [0.2, 0.25) is 11.8 Å². The minimum Gasteiger partial charge on any atom is -0.477 e. The van der Waals surface area contributed by atoms with Crippen LogP contribution >= 0.6 is 0 Å². The lowest BCUT2D eigenvalue weighted by atomic mass is 9.96. The molecule has 0 spiro atoms. The molecule has 164 valence electrons. The topological polar surface area (TPSA) is 110 Å². The van der Waals surface area contributed by atoms with Gasteiger partial charge in [-0.25, -0.2) is 15.0 Å². The van der Waals surface area contributed by atoms with Crippen LogP contribution < -0.4 is 20.3 Å². The smallest absolute Gasteiger partial charge is 0.263 e. The van der Waals surface area contributed by atoms with Crippen LogP contribution in [0.1, 0.15) is 43.2 Å². The van der Waals surface area contributed by atoms with Crippen molar-refractivity contribution in [3.63, 3.8) is 0 Å². The van der Waals surface area contributed by atoms with E-state index in [0.29, 0.717) is 24.0 Å². The highest BCUT2D eigenvalue weighted by Crippen LogP contribution is 2.23. The Bertz CT molecular complexity index is 1100. The number of anilines is 2. The Morgan fingerprint density at radius 2 is 2.10 bits per heavy atom. The standard InChI is InChI=1S/C21H28N8O2/c1-5-21(4)13-28(8-7-24-21)20-23-9-15(19(27-20)31-6-2)18(30)26-16-12-29-11-14(3)25-17(29)10-22-16/h9-12,24H,5-8,13H2,1-4H3,(H,26,30). The molecule has 4 heterocycles. The molecule has 1 unspecified atom stereocenters. The molecule has 1 amide bonds. The highest BCUT2D eigenvalue weighted by Gasteiger charge is 2.30. The third-order valence-corrected chi connectivity index (χ3v) is 5.51. The maximum Gasteiger partial charge on any atom is 0.263 e. The Balaban J connectivity index is 1.57. The molecule has 31 heavy (non-hydrogen) atoms. The van der Waals surface area contributed by atoms with Gasteiger partial charge in [0, 0.05) is 37.6 Å². The van der Waals surface area contributed by atoms with Crippen LogP contribution in [0.4, 0.5) is 11.8 Å². The van der Waals surface area contributed by atoms with Crippen molar-refractivity contribution in [1.29, 1.82) is 0 Å². The number of hydrogen-bond acceptors (Lipinski definition) is 8. The van der Waals surface area contributed by atoms with E-state index in [-0.39, 0.29) is 22.9 Å². The summed E-state index contributed by atoms with van der Waals surface area (Å²) in [5.41, 5.74) is 1.86. The molecule has 1 atom stereocenters. The molecule has 4 rings (SSSR count). The van der Waals surface area contributed by atoms with Crippen LogP contribution in [0, 0.1) is 6.92 Å². The first kappa shape index (κ1) is 21.0. The first-order chi connectivity index (χ1) is 14.9. The number of nitrogens with zero attached hydrogens (tertiary/aromatic N) is 6. The molecule has 0 radical (unpaired) electrons. The summed E-state index contributed by atoms with van der Waals surface area (Å²) in [6.45, 7) is 10.9. The summed E-state index contributed by atoms with van der Waals surface area (Å²) in [6.07, 6.45) is 7.72. The van der Waals surface area contributed by atoms with Gasteiger partial charge in [0.25, 0.3) is 5.91 Å². The first-order valence-corrected chi connectivity index (χ1v) is 10.5. The minimum atomic E-state index is -0.377. The van der Waals surface area contributed by atoms with Crippen molar-refractivity contribution in [2.24, 2.45) is 0 Å². The highest BCUT2D eigenvalue weighted by atomic mass is 16.5. The van der Waals surface area contributed by atoms with Crippen molar-refractivity contribution < 1.29 is 9.53 Å². The van der Waals surface area contributed by atoms with Crippen molar-refractivity contribution in [2.45, 2.75) is 39.7 Å². The van der Waals surface area contributed by atoms with Gasteiger partial charge in [-0.15, -0.1) is 0 Å². The highest BCUT2D eigenvalue weighted by molar-refractivity contribution is 6.05. The summed E-state index contributed by atoms with van der Waals surface area (Å²) in [6, 6.07) is 0. The molecule has 10 nitrogen and oxygen atoms in total. The maximum atomic E-state index is 12.9. The molecular weight excluding hydrogens is 396 g/mol. The fourth-order valence-electron chi connectivity index (χ4n) is 3.64. The molecule has 2 N–H and O–H groups in total. The Labute approximate surface area is 181 Å². The van der Waals surface area contributed by atoms with Crippen LogP contribution in [0.15, 0.2) is 24.8 Å². The van der Waals surface area contributed by atoms with E-state index in [1.165, 1.54) is 6.20 Å². The zero-order chi connectivity index (χ0) is 22.0. The second-order valence-electron chi connectivity index (χ2n) is 7.96. The summed E-state index contributed by atoms with van der Waals surface area (Å²) in [5, 5.41) is 6.35. The molecule has 3 aromatic rings. The molecule has 0 aromatic carbocycles. The first-order valence-electron chi connectivity index (χ1n) is 10.5. The number of carbonyl (C=O) groups excluding carboxylic acids is 1. The molecule has 1 saturated heterocycles. The van der Waals surface area contributed by atoms with Crippen LogP contribution in [0.2, 0.25) is 0 Å². The van der Waals surface area contributed by atoms with Crippen molar-refractivity contribution in [1.82, 2.24) is 29.7 Å². The van der Waals surface area contributed by atoms with E-state index in [1.807, 2.05) is 24.4 Å². The molecule has 10 heteroatoms. The Kier molecular flexibility index (Phi) is 5.73. The summed E-state index contributed by atoms with van der Waals surface area (Å²) in [7, 11) is 0. The normalized spacial score (nSPS) is 18.9. The predicted molar refractivity (Wildman–Crippen MR) is 118 cm³/mol. The summed E-state index contributed by atoms with van der Waals surface area (Å²) in [4.78, 5) is 32.7. The second-order valence-corrected chi connectivity index (χ2v) is 7.96. The van der Waals surface area contributed by atoms with Crippen molar-refractivity contribution in [3.05, 3.63) is 36.0 Å². The fraction of sp³-hybridized carbons (Fsp3) is 0.476. The Morgan fingerprint density at radius 1 is 1.26 bits per heavy atom. The number of carbonyl (C=O) groups is 1. The molecule has 0 saturated carbocycles. The monoisotopic (exact) mass is 424 g/mol. The molecule has 0 aliphatic carbocycles. The van der Waals surface area contributed by atoms with Crippen LogP contribution in [-0.2, 0) is 0 Å². The molecule has 1 aliphatic rings. The lowest BCUT2D eigenvalue weighted by molar-refractivity contribution is 0.102. The number of hydrogen-bond donors (Lipinski definition) is 2. The molecule has 0 bridgehead atoms. The summed E-state index contributed by atoms with van der Waals surface area (Å²) < 4.78 is 7.50. The SMILES string of the molecule is CCOc1nc(N2CCNC(C)(CC)C2)ncc1C(=O)Nc1cn2cc(C)nc2cn1. The number of rotatable bonds is 6. The van der Waals surface area contributed by atoms with E-state index >= 15 is 0 Å². The quantitative estimate of drug-likeness (QED) is 0.619. The van der Waals surface area contributed by atoms with Crippen LogP contribution in [0.25, 0.3) is 5.65 Å². The average Bonchev–Trinajstić information content (AvgIpc) is 3.13. The number of ether oxygens (including phenoxy) is 1. The second kappa shape index (κ2) is 8.46. The van der Waals surface area contributed by atoms with Crippen LogP contribution in [0.3, 0.4) is 0 Å². The molecule has 3 aromatic heterocycles. The van der Waals surface area contributed by atoms with Gasteiger partial charge < -0.3 is 24.7 Å². The average molecular weight is 425 g/mol. The van der Waals surface area contributed by atoms with Gasteiger partial charge in [0.1, 0.15) is 11.4 Å². The number of nitrogens with one attached hydrogen (secondary N) is 2. The Hall–Kier alpha value is -3.27. The lowest BCUT2D eigenvalue weighted by Crippen LogP contribution is -2.58. The lowest BCUT2D eigenvalue weighted by Gasteiger charge is -2.41. The van der Waals surface area contributed by atoms with E-state index in [0.717, 1.165) is 31.7 Å². The van der Waals surface area contributed by atoms with E-state index in [2.05, 4.69) is 49.3 Å².